The Balaban J connectivity index is 2.56. The molecule has 2 aromatic rings. The third-order valence-electron chi connectivity index (χ3n) is 6.25. The van der Waals surface area contributed by atoms with Gasteiger partial charge in [0.2, 0.25) is 0 Å². The highest BCUT2D eigenvalue weighted by atomic mass is 16.4. The lowest BCUT2D eigenvalue weighted by Gasteiger charge is -2.46. The van der Waals surface area contributed by atoms with Crippen molar-refractivity contribution in [2.75, 3.05) is 6.61 Å². The van der Waals surface area contributed by atoms with E-state index in [1.807, 2.05) is 50.2 Å². The molecule has 32 heavy (non-hydrogen) atoms. The molecule has 6 nitrogen and oxygen atoms in total. The quantitative estimate of drug-likeness (QED) is 0.293. The van der Waals surface area contributed by atoms with Crippen LogP contribution in [0.2, 0.25) is 0 Å². The van der Waals surface area contributed by atoms with Crippen molar-refractivity contribution >= 4 is 0 Å². The van der Waals surface area contributed by atoms with E-state index < -0.39 is 36.1 Å². The van der Waals surface area contributed by atoms with E-state index in [1.165, 1.54) is 0 Å². The third-order valence-corrected chi connectivity index (χ3v) is 6.25. The highest BCUT2D eigenvalue weighted by molar-refractivity contribution is 5.31. The van der Waals surface area contributed by atoms with Crippen LogP contribution >= 0.6 is 0 Å². The Hall–Kier alpha value is -2.06. The first kappa shape index (κ1) is 26.2. The maximum Gasteiger partial charge on any atom is 0.126 e. The monoisotopic (exact) mass is 444 g/mol. The molecule has 0 saturated carbocycles. The highest BCUT2D eigenvalue weighted by Crippen LogP contribution is 2.35. The second-order valence-corrected chi connectivity index (χ2v) is 8.67. The minimum atomic E-state index is -2.34. The van der Waals surface area contributed by atoms with Gasteiger partial charge in [-0.1, -0.05) is 60.7 Å². The normalized spacial score (nSPS) is 18.7. The van der Waals surface area contributed by atoms with Gasteiger partial charge >= 0.3 is 0 Å². The summed E-state index contributed by atoms with van der Waals surface area (Å²) in [6.07, 6.45) is -2.24. The number of hydrogen-bond donors (Lipinski definition) is 6. The van der Waals surface area contributed by atoms with Gasteiger partial charge in [-0.3, -0.25) is 0 Å². The van der Waals surface area contributed by atoms with E-state index in [0.29, 0.717) is 5.56 Å². The van der Waals surface area contributed by atoms with Crippen molar-refractivity contribution in [2.45, 2.75) is 69.5 Å². The van der Waals surface area contributed by atoms with Gasteiger partial charge in [-0.2, -0.15) is 0 Å². The van der Waals surface area contributed by atoms with Crippen LogP contribution in [0.1, 0.15) is 35.6 Å². The molecule has 176 valence electrons. The van der Waals surface area contributed by atoms with Crippen LogP contribution in [0, 0.1) is 13.8 Å². The van der Waals surface area contributed by atoms with E-state index in [-0.39, 0.29) is 19.3 Å². The molecule has 0 radical (unpaired) electrons. The molecule has 1 unspecified atom stereocenters. The number of benzene rings is 2. The van der Waals surface area contributed by atoms with Gasteiger partial charge in [0.25, 0.3) is 0 Å². The van der Waals surface area contributed by atoms with E-state index in [2.05, 4.69) is 0 Å². The predicted molar refractivity (Wildman–Crippen MR) is 124 cm³/mol. The van der Waals surface area contributed by atoms with E-state index in [1.54, 1.807) is 31.2 Å². The van der Waals surface area contributed by atoms with Crippen molar-refractivity contribution in [1.82, 2.24) is 0 Å². The average Bonchev–Trinajstić information content (AvgIpc) is 2.79. The summed E-state index contributed by atoms with van der Waals surface area (Å²) in [7, 11) is 0. The molecule has 2 aromatic carbocycles. The molecule has 0 aromatic heterocycles. The van der Waals surface area contributed by atoms with Crippen molar-refractivity contribution in [3.05, 3.63) is 82.9 Å². The van der Waals surface area contributed by atoms with Gasteiger partial charge in [0.05, 0.1) is 6.61 Å². The minimum Gasteiger partial charge on any atom is -0.394 e. The zero-order valence-electron chi connectivity index (χ0n) is 19.0. The zero-order valence-corrected chi connectivity index (χ0v) is 19.0. The van der Waals surface area contributed by atoms with Gasteiger partial charge in [0.15, 0.2) is 0 Å². The first-order valence-corrected chi connectivity index (χ1v) is 10.9. The fraction of sp³-hybridized carbons (Fsp3) is 0.462. The molecular formula is C26H36O6. The third kappa shape index (κ3) is 5.84. The van der Waals surface area contributed by atoms with Gasteiger partial charge in [0, 0.05) is 12.8 Å². The molecule has 0 bridgehead atoms. The topological polar surface area (TPSA) is 121 Å². The Morgan fingerprint density at radius 3 is 1.81 bits per heavy atom. The molecule has 5 atom stereocenters. The van der Waals surface area contributed by atoms with Gasteiger partial charge in [-0.15, -0.1) is 0 Å². The summed E-state index contributed by atoms with van der Waals surface area (Å²) in [5.41, 5.74) is -1.03. The lowest BCUT2D eigenvalue weighted by molar-refractivity contribution is -0.228. The van der Waals surface area contributed by atoms with E-state index in [9.17, 15) is 30.6 Å². The molecule has 0 amide bonds. The van der Waals surface area contributed by atoms with Crippen LogP contribution in [0.3, 0.4) is 0 Å². The first-order valence-electron chi connectivity index (χ1n) is 10.9. The smallest absolute Gasteiger partial charge is 0.126 e. The van der Waals surface area contributed by atoms with Crippen LogP contribution in [0.4, 0.5) is 0 Å². The summed E-state index contributed by atoms with van der Waals surface area (Å²) >= 11 is 0. The fourth-order valence-electron chi connectivity index (χ4n) is 4.12. The molecule has 0 fully saturated rings. The predicted octanol–water partition coefficient (Wildman–Crippen LogP) is 1.59. The second kappa shape index (κ2) is 11.2. The van der Waals surface area contributed by atoms with E-state index in [4.69, 9.17) is 0 Å². The Kier molecular flexibility index (Phi) is 9.16. The summed E-state index contributed by atoms with van der Waals surface area (Å²) in [6, 6.07) is 14.6. The van der Waals surface area contributed by atoms with Crippen molar-refractivity contribution < 1.29 is 30.6 Å². The number of hydrogen-bond acceptors (Lipinski definition) is 6. The maximum absolute atomic E-state index is 11.7. The molecule has 2 rings (SSSR count). The summed E-state index contributed by atoms with van der Waals surface area (Å²) in [5.74, 6) is 0. The lowest BCUT2D eigenvalue weighted by Crippen LogP contribution is -2.66. The zero-order chi connectivity index (χ0) is 23.9. The van der Waals surface area contributed by atoms with E-state index >= 15 is 0 Å². The molecule has 0 aliphatic heterocycles. The Bertz CT molecular complexity index is 897. The number of rotatable bonds is 11. The molecule has 6 heteroatoms. The van der Waals surface area contributed by atoms with Gasteiger partial charge < -0.3 is 30.6 Å². The SMILES string of the molecule is C/C=C/CC(O)(Cc1ccccc1C)[C@@H](O)[C@@](O)(Cc1ccccc1C)[C@H](O)[C@@H](O)CO. The molecule has 0 saturated heterocycles. The minimum absolute atomic E-state index is 0.0109. The van der Waals surface area contributed by atoms with Gasteiger partial charge in [-0.25, -0.2) is 0 Å². The van der Waals surface area contributed by atoms with Gasteiger partial charge in [0.1, 0.15) is 29.5 Å². The molecule has 0 aliphatic carbocycles. The molecule has 0 heterocycles. The molecular weight excluding hydrogens is 408 g/mol. The number of aliphatic hydroxyl groups is 6. The molecule has 6 N–H and O–H groups in total. The van der Waals surface area contributed by atoms with E-state index in [0.717, 1.165) is 16.7 Å². The van der Waals surface area contributed by atoms with Crippen molar-refractivity contribution in [2.24, 2.45) is 0 Å². The highest BCUT2D eigenvalue weighted by Gasteiger charge is 2.54. The second-order valence-electron chi connectivity index (χ2n) is 8.67. The van der Waals surface area contributed by atoms with Gasteiger partial charge in [-0.05, 0) is 49.4 Å². The van der Waals surface area contributed by atoms with Crippen molar-refractivity contribution in [3.63, 3.8) is 0 Å². The molecule has 0 aliphatic rings. The van der Waals surface area contributed by atoms with Crippen LogP contribution in [0.25, 0.3) is 0 Å². The van der Waals surface area contributed by atoms with Crippen LogP contribution in [0.15, 0.2) is 60.7 Å². The number of aliphatic hydroxyl groups excluding tert-OH is 4. The lowest BCUT2D eigenvalue weighted by atomic mass is 9.71. The van der Waals surface area contributed by atoms with Crippen LogP contribution in [0.5, 0.6) is 0 Å². The first-order chi connectivity index (χ1) is 15.1. The fourth-order valence-corrected chi connectivity index (χ4v) is 4.12. The largest absolute Gasteiger partial charge is 0.394 e. The standard InChI is InChI=1S/C26H36O6/c1-4-5-14-25(31,15-20-12-8-6-10-18(20)2)24(30)26(32,23(29)22(28)17-27)16-21-13-9-7-11-19(21)3/h4-13,22-24,27-32H,14-17H2,1-3H3/b5-4+/t22-,23+,24+,25?,26+/m0/s1. The van der Waals surface area contributed by atoms with Crippen molar-refractivity contribution in [3.8, 4) is 0 Å². The molecule has 0 spiro atoms. The number of allylic oxidation sites excluding steroid dienone is 1. The number of aryl methyl sites for hydroxylation is 2. The van der Waals surface area contributed by atoms with Crippen molar-refractivity contribution in [1.29, 1.82) is 0 Å². The summed E-state index contributed by atoms with van der Waals surface area (Å²) in [4.78, 5) is 0. The van der Waals surface area contributed by atoms with Crippen LogP contribution < -0.4 is 0 Å². The summed E-state index contributed by atoms with van der Waals surface area (Å²) in [6.45, 7) is 4.69. The Labute approximate surface area is 190 Å². The maximum atomic E-state index is 11.7. The average molecular weight is 445 g/mol. The summed E-state index contributed by atoms with van der Waals surface area (Å²) in [5, 5.41) is 65.2. The van der Waals surface area contributed by atoms with Crippen LogP contribution in [-0.4, -0.2) is 66.8 Å². The summed E-state index contributed by atoms with van der Waals surface area (Å²) < 4.78 is 0. The van der Waals surface area contributed by atoms with Crippen LogP contribution in [-0.2, 0) is 12.8 Å². The Morgan fingerprint density at radius 2 is 1.34 bits per heavy atom. The Morgan fingerprint density at radius 1 is 0.844 bits per heavy atom.